The first-order chi connectivity index (χ1) is 7.84. The molecule has 0 rings (SSSR count). The third-order valence-corrected chi connectivity index (χ3v) is 2.49. The molecule has 0 bridgehead atoms. The van der Waals surface area contributed by atoms with Gasteiger partial charge in [0.15, 0.2) is 0 Å². The van der Waals surface area contributed by atoms with E-state index in [-0.39, 0.29) is 6.61 Å². The van der Waals surface area contributed by atoms with Gasteiger partial charge >= 0.3 is 5.97 Å². The molecule has 0 fully saturated rings. The number of esters is 1. The van der Waals surface area contributed by atoms with Gasteiger partial charge in [0, 0.05) is 0 Å². The quantitative estimate of drug-likeness (QED) is 0.376. The van der Waals surface area contributed by atoms with Gasteiger partial charge in [0.05, 0.1) is 6.61 Å². The lowest BCUT2D eigenvalue weighted by molar-refractivity contribution is -0.171. The van der Waals surface area contributed by atoms with Crippen LogP contribution in [0, 0.1) is 0 Å². The van der Waals surface area contributed by atoms with Gasteiger partial charge in [0.1, 0.15) is 6.10 Å². The van der Waals surface area contributed by atoms with E-state index >= 15 is 0 Å². The number of rotatable bonds is 8. The first-order valence-electron chi connectivity index (χ1n) is 5.96. The summed E-state index contributed by atoms with van der Waals surface area (Å²) in [7, 11) is 0. The number of hydrogen-bond acceptors (Lipinski definition) is 5. The number of aliphatic hydroxyl groups is 2. The SMILES string of the molecule is CCCCCCOC(=O)C(C)(O)C(=O)C(C)O. The van der Waals surface area contributed by atoms with Crippen molar-refractivity contribution >= 4 is 11.8 Å². The molecule has 0 radical (unpaired) electrons. The molecule has 0 aromatic carbocycles. The maximum absolute atomic E-state index is 11.4. The van der Waals surface area contributed by atoms with Gasteiger partial charge < -0.3 is 14.9 Å². The fourth-order valence-electron chi connectivity index (χ4n) is 1.34. The van der Waals surface area contributed by atoms with Crippen LogP contribution in [0.15, 0.2) is 0 Å². The van der Waals surface area contributed by atoms with Crippen LogP contribution in [0.4, 0.5) is 0 Å². The molecule has 0 heterocycles. The lowest BCUT2D eigenvalue weighted by atomic mass is 9.98. The molecule has 0 aliphatic rings. The van der Waals surface area contributed by atoms with Crippen LogP contribution in [-0.2, 0) is 14.3 Å². The standard InChI is InChI=1S/C12H22O5/c1-4-5-6-7-8-17-11(15)12(3,16)10(14)9(2)13/h9,13,16H,4-8H2,1-3H3. The number of carbonyl (C=O) groups excluding carboxylic acids is 2. The summed E-state index contributed by atoms with van der Waals surface area (Å²) in [6, 6.07) is 0. The van der Waals surface area contributed by atoms with Gasteiger partial charge in [-0.05, 0) is 20.3 Å². The number of hydrogen-bond donors (Lipinski definition) is 2. The first kappa shape index (κ1) is 16.1. The van der Waals surface area contributed by atoms with E-state index in [1.54, 1.807) is 0 Å². The molecule has 0 aliphatic carbocycles. The Kier molecular flexibility index (Phi) is 6.99. The summed E-state index contributed by atoms with van der Waals surface area (Å²) in [5.41, 5.74) is -2.26. The van der Waals surface area contributed by atoms with Crippen molar-refractivity contribution in [1.82, 2.24) is 0 Å². The average Bonchev–Trinajstić information content (AvgIpc) is 2.27. The zero-order valence-electron chi connectivity index (χ0n) is 10.7. The van der Waals surface area contributed by atoms with Gasteiger partial charge in [-0.15, -0.1) is 0 Å². The summed E-state index contributed by atoms with van der Waals surface area (Å²) in [6.45, 7) is 4.49. The van der Waals surface area contributed by atoms with E-state index in [9.17, 15) is 14.7 Å². The molecule has 0 amide bonds. The molecule has 0 saturated carbocycles. The van der Waals surface area contributed by atoms with Crippen LogP contribution in [0.25, 0.3) is 0 Å². The zero-order valence-corrected chi connectivity index (χ0v) is 10.7. The summed E-state index contributed by atoms with van der Waals surface area (Å²) in [5, 5.41) is 18.7. The van der Waals surface area contributed by atoms with Crippen LogP contribution < -0.4 is 0 Å². The van der Waals surface area contributed by atoms with Gasteiger partial charge in [-0.1, -0.05) is 26.2 Å². The van der Waals surface area contributed by atoms with Crippen molar-refractivity contribution in [2.75, 3.05) is 6.61 Å². The molecule has 17 heavy (non-hydrogen) atoms. The maximum atomic E-state index is 11.4. The lowest BCUT2D eigenvalue weighted by Crippen LogP contribution is -2.49. The number of unbranched alkanes of at least 4 members (excludes halogenated alkanes) is 3. The topological polar surface area (TPSA) is 83.8 Å². The minimum atomic E-state index is -2.26. The normalized spacial score (nSPS) is 16.1. The predicted octanol–water partition coefficient (Wildman–Crippen LogP) is 0.811. The van der Waals surface area contributed by atoms with Crippen LogP contribution in [0.3, 0.4) is 0 Å². The number of ketones is 1. The van der Waals surface area contributed by atoms with Crippen molar-refractivity contribution in [1.29, 1.82) is 0 Å². The second-order valence-electron chi connectivity index (χ2n) is 4.31. The fourth-order valence-corrected chi connectivity index (χ4v) is 1.34. The molecular formula is C12H22O5. The van der Waals surface area contributed by atoms with E-state index in [0.717, 1.165) is 26.2 Å². The number of Topliss-reactive ketones (excluding diaryl/α,β-unsaturated/α-hetero) is 1. The Balaban J connectivity index is 4.08. The van der Waals surface area contributed by atoms with E-state index < -0.39 is 23.5 Å². The van der Waals surface area contributed by atoms with E-state index in [0.29, 0.717) is 6.42 Å². The van der Waals surface area contributed by atoms with E-state index in [4.69, 9.17) is 9.84 Å². The third kappa shape index (κ3) is 5.28. The molecule has 2 N–H and O–H groups in total. The summed E-state index contributed by atoms with van der Waals surface area (Å²) in [4.78, 5) is 22.8. The number of carbonyl (C=O) groups is 2. The van der Waals surface area contributed by atoms with Gasteiger partial charge in [0.25, 0.3) is 0 Å². The van der Waals surface area contributed by atoms with Crippen molar-refractivity contribution in [2.45, 2.75) is 58.2 Å². The second-order valence-corrected chi connectivity index (χ2v) is 4.31. The van der Waals surface area contributed by atoms with Gasteiger partial charge in [-0.3, -0.25) is 4.79 Å². The van der Waals surface area contributed by atoms with Crippen molar-refractivity contribution in [3.63, 3.8) is 0 Å². The molecule has 0 saturated heterocycles. The number of aliphatic hydroxyl groups excluding tert-OH is 1. The van der Waals surface area contributed by atoms with Crippen LogP contribution in [-0.4, -0.2) is 40.3 Å². The Morgan fingerprint density at radius 3 is 2.35 bits per heavy atom. The highest BCUT2D eigenvalue weighted by atomic mass is 16.6. The lowest BCUT2D eigenvalue weighted by Gasteiger charge is -2.21. The Hall–Kier alpha value is -0.940. The van der Waals surface area contributed by atoms with Crippen molar-refractivity contribution in [3.8, 4) is 0 Å². The fraction of sp³-hybridized carbons (Fsp3) is 0.833. The Labute approximate surface area is 102 Å². The van der Waals surface area contributed by atoms with E-state index in [1.165, 1.54) is 6.92 Å². The molecule has 0 spiro atoms. The van der Waals surface area contributed by atoms with Gasteiger partial charge in [0.2, 0.25) is 11.4 Å². The summed E-state index contributed by atoms with van der Waals surface area (Å²) in [6.07, 6.45) is 2.39. The third-order valence-electron chi connectivity index (χ3n) is 2.49. The highest BCUT2D eigenvalue weighted by molar-refractivity contribution is 6.08. The van der Waals surface area contributed by atoms with Crippen molar-refractivity contribution < 1.29 is 24.5 Å². The van der Waals surface area contributed by atoms with Crippen molar-refractivity contribution in [2.24, 2.45) is 0 Å². The smallest absolute Gasteiger partial charge is 0.345 e. The highest BCUT2D eigenvalue weighted by Gasteiger charge is 2.42. The molecule has 5 heteroatoms. The molecule has 2 atom stereocenters. The molecule has 100 valence electrons. The molecule has 0 aromatic rings. The maximum Gasteiger partial charge on any atom is 0.345 e. The summed E-state index contributed by atoms with van der Waals surface area (Å²) >= 11 is 0. The second kappa shape index (κ2) is 7.40. The molecular weight excluding hydrogens is 224 g/mol. The Morgan fingerprint density at radius 2 is 1.88 bits per heavy atom. The monoisotopic (exact) mass is 246 g/mol. The van der Waals surface area contributed by atoms with E-state index in [2.05, 4.69) is 6.92 Å². The average molecular weight is 246 g/mol. The van der Waals surface area contributed by atoms with Crippen LogP contribution in [0.5, 0.6) is 0 Å². The van der Waals surface area contributed by atoms with Gasteiger partial charge in [-0.2, -0.15) is 0 Å². The Bertz CT molecular complexity index is 258. The summed E-state index contributed by atoms with van der Waals surface area (Å²) in [5.74, 6) is -1.95. The molecule has 5 nitrogen and oxygen atoms in total. The van der Waals surface area contributed by atoms with E-state index in [1.807, 2.05) is 0 Å². The number of ether oxygens (including phenoxy) is 1. The largest absolute Gasteiger partial charge is 0.463 e. The molecule has 0 aliphatic heterocycles. The van der Waals surface area contributed by atoms with Crippen molar-refractivity contribution in [3.05, 3.63) is 0 Å². The highest BCUT2D eigenvalue weighted by Crippen LogP contribution is 2.11. The summed E-state index contributed by atoms with van der Waals surface area (Å²) < 4.78 is 4.80. The molecule has 2 unspecified atom stereocenters. The van der Waals surface area contributed by atoms with Crippen LogP contribution >= 0.6 is 0 Å². The first-order valence-corrected chi connectivity index (χ1v) is 5.96. The van der Waals surface area contributed by atoms with Crippen LogP contribution in [0.1, 0.15) is 46.5 Å². The predicted molar refractivity (Wildman–Crippen MR) is 62.4 cm³/mol. The molecule has 0 aromatic heterocycles. The minimum absolute atomic E-state index is 0.183. The van der Waals surface area contributed by atoms with Gasteiger partial charge in [-0.25, -0.2) is 4.79 Å². The zero-order chi connectivity index (χ0) is 13.5. The van der Waals surface area contributed by atoms with Crippen LogP contribution in [0.2, 0.25) is 0 Å². The minimum Gasteiger partial charge on any atom is -0.463 e. The Morgan fingerprint density at radius 1 is 1.29 bits per heavy atom.